The van der Waals surface area contributed by atoms with E-state index in [9.17, 15) is 18.7 Å². The molecule has 0 aliphatic heterocycles. The fourth-order valence-electron chi connectivity index (χ4n) is 4.01. The highest BCUT2D eigenvalue weighted by Gasteiger charge is 2.29. The van der Waals surface area contributed by atoms with Gasteiger partial charge in [0, 0.05) is 18.0 Å². The summed E-state index contributed by atoms with van der Waals surface area (Å²) in [5.41, 5.74) is 6.08. The van der Waals surface area contributed by atoms with E-state index >= 15 is 0 Å². The normalized spacial score (nSPS) is 19.6. The molecule has 1 aliphatic rings. The number of benzene rings is 1. The monoisotopic (exact) mass is 445 g/mol. The molecule has 0 radical (unpaired) electrons. The summed E-state index contributed by atoms with van der Waals surface area (Å²) < 4.78 is 30.4. The summed E-state index contributed by atoms with van der Waals surface area (Å²) in [5, 5.41) is 15.1. The number of rotatable bonds is 7. The van der Waals surface area contributed by atoms with Gasteiger partial charge in [0.05, 0.1) is 12.8 Å². The van der Waals surface area contributed by atoms with E-state index in [1.165, 1.54) is 12.3 Å². The lowest BCUT2D eigenvalue weighted by Crippen LogP contribution is -2.29. The number of primary amides is 1. The Bertz CT molecular complexity index is 1110. The molecule has 5 N–H and O–H groups in total. The van der Waals surface area contributed by atoms with Crippen LogP contribution in [0.3, 0.4) is 0 Å². The maximum absolute atomic E-state index is 14.3. The molecule has 1 fully saturated rings. The molecule has 2 heterocycles. The number of carbonyl (C=O) groups is 1. The van der Waals surface area contributed by atoms with Crippen LogP contribution >= 0.6 is 0 Å². The summed E-state index contributed by atoms with van der Waals surface area (Å²) in [5.74, 6) is -1.48. The minimum atomic E-state index is -0.744. The van der Waals surface area contributed by atoms with Gasteiger partial charge in [0.15, 0.2) is 5.65 Å². The summed E-state index contributed by atoms with van der Waals surface area (Å²) in [4.78, 5) is 24.8. The Morgan fingerprint density at radius 2 is 1.94 bits per heavy atom. The first-order valence-electron chi connectivity index (χ1n) is 10.5. The largest absolute Gasteiger partial charge is 0.394 e. The molecule has 2 aromatic heterocycles. The van der Waals surface area contributed by atoms with E-state index < -0.39 is 11.6 Å². The van der Waals surface area contributed by atoms with Crippen molar-refractivity contribution >= 4 is 34.7 Å². The number of halogens is 2. The zero-order chi connectivity index (χ0) is 22.8. The first-order chi connectivity index (χ1) is 15.4. The molecular formula is C21H25F2N7O2. The molecule has 1 amide bonds. The van der Waals surface area contributed by atoms with E-state index in [1.54, 1.807) is 11.5 Å². The van der Waals surface area contributed by atoms with Crippen molar-refractivity contribution in [2.45, 2.75) is 44.7 Å². The molecule has 1 atom stereocenters. The minimum absolute atomic E-state index is 0.100. The van der Waals surface area contributed by atoms with E-state index in [4.69, 9.17) is 5.73 Å². The van der Waals surface area contributed by atoms with E-state index in [0.717, 1.165) is 12.1 Å². The van der Waals surface area contributed by atoms with Gasteiger partial charge in [-0.1, -0.05) is 6.07 Å². The van der Waals surface area contributed by atoms with Crippen molar-refractivity contribution in [2.75, 3.05) is 17.2 Å². The number of imidazole rings is 1. The second-order valence-electron chi connectivity index (χ2n) is 8.07. The van der Waals surface area contributed by atoms with E-state index in [2.05, 4.69) is 25.6 Å². The van der Waals surface area contributed by atoms with Gasteiger partial charge in [-0.25, -0.2) is 18.7 Å². The first-order valence-corrected chi connectivity index (χ1v) is 10.5. The van der Waals surface area contributed by atoms with Crippen LogP contribution in [-0.2, 0) is 4.79 Å². The van der Waals surface area contributed by atoms with E-state index in [-0.39, 0.29) is 42.2 Å². The third kappa shape index (κ3) is 4.33. The van der Waals surface area contributed by atoms with Gasteiger partial charge in [0.1, 0.15) is 22.8 Å². The maximum Gasteiger partial charge on any atom is 0.225 e. The molecule has 1 aliphatic carbocycles. The van der Waals surface area contributed by atoms with Crippen LogP contribution in [-0.4, -0.2) is 43.2 Å². The highest BCUT2D eigenvalue weighted by molar-refractivity contribution is 5.78. The molecule has 170 valence electrons. The molecule has 0 bridgehead atoms. The minimum Gasteiger partial charge on any atom is -0.394 e. The van der Waals surface area contributed by atoms with Gasteiger partial charge in [-0.3, -0.25) is 9.36 Å². The molecule has 1 saturated carbocycles. The van der Waals surface area contributed by atoms with Crippen LogP contribution in [0.1, 0.15) is 38.6 Å². The van der Waals surface area contributed by atoms with Crippen molar-refractivity contribution in [1.29, 1.82) is 0 Å². The number of carbonyl (C=O) groups excluding carboxylic acids is 1. The van der Waals surface area contributed by atoms with Gasteiger partial charge in [0.2, 0.25) is 17.8 Å². The van der Waals surface area contributed by atoms with Crippen LogP contribution in [0.4, 0.5) is 26.4 Å². The molecule has 4 rings (SSSR count). The summed E-state index contributed by atoms with van der Waals surface area (Å²) in [6.07, 6.45) is 3.99. The highest BCUT2D eigenvalue weighted by atomic mass is 19.1. The molecule has 0 spiro atoms. The number of nitrogens with two attached hydrogens (primary N) is 1. The molecule has 3 aromatic rings. The lowest BCUT2D eigenvalue weighted by molar-refractivity contribution is -0.122. The van der Waals surface area contributed by atoms with Gasteiger partial charge in [-0.2, -0.15) is 4.98 Å². The standard InChI is InChI=1S/C21H25F2N7O2/c1-11(10-31)26-20-25-9-16-19(29-20)30(13-7-5-12(6-8-13)18(24)32)21(27-16)28-17-14(22)3-2-4-15(17)23/h2-4,9,11-13,31H,5-8,10H2,1H3,(H2,24,32)(H,27,28)(H,25,26,29)/t11-,12-,13-/m0/s1. The number of aliphatic hydroxyl groups excluding tert-OH is 1. The van der Waals surface area contributed by atoms with Gasteiger partial charge < -0.3 is 21.5 Å². The lowest BCUT2D eigenvalue weighted by atomic mass is 9.85. The van der Waals surface area contributed by atoms with Crippen molar-refractivity contribution in [2.24, 2.45) is 11.7 Å². The number of aliphatic hydroxyl groups is 1. The van der Waals surface area contributed by atoms with Gasteiger partial charge in [-0.15, -0.1) is 0 Å². The summed E-state index contributed by atoms with van der Waals surface area (Å²) in [6.45, 7) is 1.68. The molecule has 0 unspecified atom stereocenters. The zero-order valence-corrected chi connectivity index (χ0v) is 17.6. The average molecular weight is 445 g/mol. The molecule has 32 heavy (non-hydrogen) atoms. The molecule has 0 saturated heterocycles. The molecule has 9 nitrogen and oxygen atoms in total. The van der Waals surface area contributed by atoms with Crippen LogP contribution in [0.25, 0.3) is 11.2 Å². The number of nitrogens with one attached hydrogen (secondary N) is 2. The van der Waals surface area contributed by atoms with Crippen molar-refractivity contribution in [3.05, 3.63) is 36.0 Å². The van der Waals surface area contributed by atoms with Gasteiger partial charge in [0.25, 0.3) is 0 Å². The predicted octanol–water partition coefficient (Wildman–Crippen LogP) is 2.86. The number of fused-ring (bicyclic) bond motifs is 1. The van der Waals surface area contributed by atoms with Crippen molar-refractivity contribution < 1.29 is 18.7 Å². The maximum atomic E-state index is 14.3. The van der Waals surface area contributed by atoms with Gasteiger partial charge in [-0.05, 0) is 44.7 Å². The molecule has 11 heteroatoms. The number of aromatic nitrogens is 4. The number of anilines is 3. The summed E-state index contributed by atoms with van der Waals surface area (Å²) in [7, 11) is 0. The summed E-state index contributed by atoms with van der Waals surface area (Å²) in [6, 6.07) is 3.24. The fourth-order valence-corrected chi connectivity index (χ4v) is 4.01. The van der Waals surface area contributed by atoms with Crippen LogP contribution in [0.2, 0.25) is 0 Å². The van der Waals surface area contributed by atoms with Crippen molar-refractivity contribution in [1.82, 2.24) is 19.5 Å². The van der Waals surface area contributed by atoms with E-state index in [0.29, 0.717) is 42.8 Å². The second kappa shape index (κ2) is 9.03. The van der Waals surface area contributed by atoms with Crippen LogP contribution in [0.15, 0.2) is 24.4 Å². The van der Waals surface area contributed by atoms with Gasteiger partial charge >= 0.3 is 0 Å². The Hall–Kier alpha value is -3.34. The number of para-hydroxylation sites is 1. The number of hydrogen-bond donors (Lipinski definition) is 4. The quantitative estimate of drug-likeness (QED) is 0.440. The number of hydrogen-bond acceptors (Lipinski definition) is 7. The Balaban J connectivity index is 1.76. The average Bonchev–Trinajstić information content (AvgIpc) is 3.13. The Morgan fingerprint density at radius 1 is 1.25 bits per heavy atom. The third-order valence-electron chi connectivity index (χ3n) is 5.75. The van der Waals surface area contributed by atoms with Crippen LogP contribution < -0.4 is 16.4 Å². The number of nitrogens with zero attached hydrogens (tertiary/aromatic N) is 4. The zero-order valence-electron chi connectivity index (χ0n) is 17.6. The van der Waals surface area contributed by atoms with Crippen molar-refractivity contribution in [3.8, 4) is 0 Å². The fraction of sp³-hybridized carbons (Fsp3) is 0.429. The third-order valence-corrected chi connectivity index (χ3v) is 5.75. The number of amides is 1. The Morgan fingerprint density at radius 3 is 2.56 bits per heavy atom. The second-order valence-corrected chi connectivity index (χ2v) is 8.07. The van der Waals surface area contributed by atoms with Crippen LogP contribution in [0, 0.1) is 17.6 Å². The summed E-state index contributed by atoms with van der Waals surface area (Å²) >= 11 is 0. The van der Waals surface area contributed by atoms with Crippen molar-refractivity contribution in [3.63, 3.8) is 0 Å². The topological polar surface area (TPSA) is 131 Å². The Kier molecular flexibility index (Phi) is 6.17. The Labute approximate surface area is 183 Å². The van der Waals surface area contributed by atoms with E-state index in [1.807, 2.05) is 0 Å². The molecule has 1 aromatic carbocycles. The predicted molar refractivity (Wildman–Crippen MR) is 115 cm³/mol. The SMILES string of the molecule is C[C@@H](CO)Nc1ncc2nc(Nc3c(F)cccc3F)n([C@H]3CC[C@H](C(N)=O)CC3)c2n1. The lowest BCUT2D eigenvalue weighted by Gasteiger charge is -2.29. The highest BCUT2D eigenvalue weighted by Crippen LogP contribution is 2.37. The molecular weight excluding hydrogens is 420 g/mol. The first kappa shape index (κ1) is 21.9. The smallest absolute Gasteiger partial charge is 0.225 e. The van der Waals surface area contributed by atoms with Crippen LogP contribution in [0.5, 0.6) is 0 Å².